The lowest BCUT2D eigenvalue weighted by atomic mass is 10.0. The van der Waals surface area contributed by atoms with Crippen molar-refractivity contribution in [1.82, 2.24) is 15.0 Å². The summed E-state index contributed by atoms with van der Waals surface area (Å²) >= 11 is 0. The van der Waals surface area contributed by atoms with Crippen molar-refractivity contribution in [1.29, 1.82) is 0 Å². The summed E-state index contributed by atoms with van der Waals surface area (Å²) in [5.41, 5.74) is 5.06. The highest BCUT2D eigenvalue weighted by Crippen LogP contribution is 2.33. The third-order valence-corrected chi connectivity index (χ3v) is 2.72. The van der Waals surface area contributed by atoms with Crippen LogP contribution in [0.25, 0.3) is 0 Å². The molecule has 0 saturated heterocycles. The van der Waals surface area contributed by atoms with Crippen molar-refractivity contribution in [2.24, 2.45) is 12.8 Å². The van der Waals surface area contributed by atoms with Gasteiger partial charge in [0.15, 0.2) is 0 Å². The number of hydrogen-bond donors (Lipinski definition) is 1. The van der Waals surface area contributed by atoms with E-state index in [1.54, 1.807) is 7.05 Å². The Labute approximate surface area is 105 Å². The first-order valence-corrected chi connectivity index (χ1v) is 5.27. The SMILES string of the molecule is Cn1nncc1C(N)c1ccc(F)c(C(F)(F)F)c1. The predicted octanol–water partition coefficient (Wildman–Crippen LogP) is 2.02. The van der Waals surface area contributed by atoms with Crippen molar-refractivity contribution < 1.29 is 17.6 Å². The van der Waals surface area contributed by atoms with E-state index in [0.717, 1.165) is 6.07 Å². The Bertz CT molecular complexity index is 591. The van der Waals surface area contributed by atoms with Gasteiger partial charge in [0.2, 0.25) is 0 Å². The van der Waals surface area contributed by atoms with Gasteiger partial charge in [0, 0.05) is 7.05 Å². The fourth-order valence-electron chi connectivity index (χ4n) is 1.70. The number of aromatic nitrogens is 3. The average Bonchev–Trinajstić information content (AvgIpc) is 2.73. The lowest BCUT2D eigenvalue weighted by Crippen LogP contribution is -2.17. The van der Waals surface area contributed by atoms with E-state index >= 15 is 0 Å². The molecule has 19 heavy (non-hydrogen) atoms. The predicted molar refractivity (Wildman–Crippen MR) is 58.4 cm³/mol. The molecule has 1 aromatic carbocycles. The summed E-state index contributed by atoms with van der Waals surface area (Å²) < 4.78 is 52.3. The first kappa shape index (κ1) is 13.5. The lowest BCUT2D eigenvalue weighted by molar-refractivity contribution is -0.140. The minimum absolute atomic E-state index is 0.138. The van der Waals surface area contributed by atoms with Gasteiger partial charge in [-0.05, 0) is 17.7 Å². The monoisotopic (exact) mass is 274 g/mol. The summed E-state index contributed by atoms with van der Waals surface area (Å²) in [5.74, 6) is -1.33. The summed E-state index contributed by atoms with van der Waals surface area (Å²) in [6, 6.07) is 1.80. The van der Waals surface area contributed by atoms with Crippen molar-refractivity contribution in [3.8, 4) is 0 Å². The number of aryl methyl sites for hydroxylation is 1. The highest BCUT2D eigenvalue weighted by atomic mass is 19.4. The van der Waals surface area contributed by atoms with Gasteiger partial charge in [-0.1, -0.05) is 11.3 Å². The van der Waals surface area contributed by atoms with Crippen LogP contribution in [0.5, 0.6) is 0 Å². The van der Waals surface area contributed by atoms with Crippen LogP contribution in [0.2, 0.25) is 0 Å². The molecule has 4 nitrogen and oxygen atoms in total. The Morgan fingerprint density at radius 3 is 2.53 bits per heavy atom. The van der Waals surface area contributed by atoms with Crippen LogP contribution in [0, 0.1) is 5.82 Å². The summed E-state index contributed by atoms with van der Waals surface area (Å²) in [7, 11) is 1.57. The topological polar surface area (TPSA) is 56.7 Å². The van der Waals surface area contributed by atoms with Crippen LogP contribution in [0.4, 0.5) is 17.6 Å². The molecule has 2 N–H and O–H groups in total. The second kappa shape index (κ2) is 4.61. The molecule has 8 heteroatoms. The van der Waals surface area contributed by atoms with Crippen LogP contribution in [-0.4, -0.2) is 15.0 Å². The third kappa shape index (κ3) is 2.58. The lowest BCUT2D eigenvalue weighted by Gasteiger charge is -2.14. The van der Waals surface area contributed by atoms with E-state index in [1.807, 2.05) is 0 Å². The van der Waals surface area contributed by atoms with Crippen LogP contribution < -0.4 is 5.73 Å². The number of halogens is 4. The molecule has 1 heterocycles. The van der Waals surface area contributed by atoms with E-state index in [1.165, 1.54) is 16.9 Å². The fraction of sp³-hybridized carbons (Fsp3) is 0.273. The molecule has 0 saturated carbocycles. The molecule has 2 rings (SSSR count). The molecular weight excluding hydrogens is 264 g/mol. The first-order valence-electron chi connectivity index (χ1n) is 5.27. The molecular formula is C11H10F4N4. The molecule has 1 atom stereocenters. The molecule has 0 aliphatic rings. The van der Waals surface area contributed by atoms with Gasteiger partial charge in [-0.25, -0.2) is 4.39 Å². The van der Waals surface area contributed by atoms with E-state index in [-0.39, 0.29) is 5.56 Å². The Morgan fingerprint density at radius 1 is 1.32 bits per heavy atom. The molecule has 0 amide bonds. The van der Waals surface area contributed by atoms with Crippen molar-refractivity contribution in [3.05, 3.63) is 47.0 Å². The van der Waals surface area contributed by atoms with Crippen LogP contribution in [0.15, 0.2) is 24.4 Å². The van der Waals surface area contributed by atoms with Crippen LogP contribution in [-0.2, 0) is 13.2 Å². The van der Waals surface area contributed by atoms with Gasteiger partial charge >= 0.3 is 6.18 Å². The minimum atomic E-state index is -4.76. The van der Waals surface area contributed by atoms with Gasteiger partial charge < -0.3 is 5.73 Å². The second-order valence-corrected chi connectivity index (χ2v) is 4.00. The zero-order valence-corrected chi connectivity index (χ0v) is 9.82. The fourth-order valence-corrected chi connectivity index (χ4v) is 1.70. The number of alkyl halides is 3. The molecule has 0 radical (unpaired) electrons. The number of rotatable bonds is 2. The molecule has 1 aromatic heterocycles. The highest BCUT2D eigenvalue weighted by molar-refractivity contribution is 5.32. The largest absolute Gasteiger partial charge is 0.419 e. The normalized spacial score (nSPS) is 13.6. The molecule has 0 spiro atoms. The molecule has 102 valence electrons. The minimum Gasteiger partial charge on any atom is -0.319 e. The zero-order valence-electron chi connectivity index (χ0n) is 9.82. The summed E-state index contributed by atoms with van der Waals surface area (Å²) in [5, 5.41) is 7.24. The van der Waals surface area contributed by atoms with Crippen LogP contribution in [0.1, 0.15) is 22.9 Å². The van der Waals surface area contributed by atoms with Crippen molar-refractivity contribution in [2.45, 2.75) is 12.2 Å². The third-order valence-electron chi connectivity index (χ3n) is 2.72. The molecule has 0 aliphatic carbocycles. The van der Waals surface area contributed by atoms with Crippen molar-refractivity contribution >= 4 is 0 Å². The van der Waals surface area contributed by atoms with E-state index < -0.39 is 23.6 Å². The van der Waals surface area contributed by atoms with Crippen molar-refractivity contribution in [3.63, 3.8) is 0 Å². The molecule has 0 bridgehead atoms. The van der Waals surface area contributed by atoms with Gasteiger partial charge in [-0.2, -0.15) is 13.2 Å². The van der Waals surface area contributed by atoms with Gasteiger partial charge in [-0.3, -0.25) is 4.68 Å². The number of nitrogens with zero attached hydrogens (tertiary/aromatic N) is 3. The van der Waals surface area contributed by atoms with E-state index in [4.69, 9.17) is 5.73 Å². The maximum Gasteiger partial charge on any atom is 0.419 e. The zero-order chi connectivity index (χ0) is 14.2. The Balaban J connectivity index is 2.44. The molecule has 0 aliphatic heterocycles. The van der Waals surface area contributed by atoms with Crippen molar-refractivity contribution in [2.75, 3.05) is 0 Å². The standard InChI is InChI=1S/C11H10F4N4/c1-19-9(5-17-18-19)10(16)6-2-3-8(12)7(4-6)11(13,14)15/h2-5,10H,16H2,1H3. The first-order chi connectivity index (χ1) is 8.80. The van der Waals surface area contributed by atoms with E-state index in [2.05, 4.69) is 10.3 Å². The van der Waals surface area contributed by atoms with Gasteiger partial charge in [0.25, 0.3) is 0 Å². The van der Waals surface area contributed by atoms with E-state index in [0.29, 0.717) is 11.8 Å². The molecule has 1 unspecified atom stereocenters. The maximum atomic E-state index is 13.2. The summed E-state index contributed by atoms with van der Waals surface area (Å²) in [6.45, 7) is 0. The number of nitrogens with two attached hydrogens (primary N) is 1. The Morgan fingerprint density at radius 2 is 2.00 bits per heavy atom. The Kier molecular flexibility index (Phi) is 3.27. The number of hydrogen-bond acceptors (Lipinski definition) is 3. The van der Waals surface area contributed by atoms with Gasteiger partial charge in [-0.15, -0.1) is 5.10 Å². The molecule has 2 aromatic rings. The van der Waals surface area contributed by atoms with Crippen LogP contribution >= 0.6 is 0 Å². The van der Waals surface area contributed by atoms with Crippen LogP contribution in [0.3, 0.4) is 0 Å². The summed E-state index contributed by atoms with van der Waals surface area (Å²) in [6.07, 6.45) is -3.41. The Hall–Kier alpha value is -1.96. The van der Waals surface area contributed by atoms with Gasteiger partial charge in [0.05, 0.1) is 23.5 Å². The van der Waals surface area contributed by atoms with E-state index in [9.17, 15) is 17.6 Å². The average molecular weight is 274 g/mol. The second-order valence-electron chi connectivity index (χ2n) is 4.00. The molecule has 0 fully saturated rings. The number of benzene rings is 1. The maximum absolute atomic E-state index is 13.2. The highest BCUT2D eigenvalue weighted by Gasteiger charge is 2.34. The quantitative estimate of drug-likeness (QED) is 0.852. The smallest absolute Gasteiger partial charge is 0.319 e. The van der Waals surface area contributed by atoms with Gasteiger partial charge in [0.1, 0.15) is 5.82 Å². The summed E-state index contributed by atoms with van der Waals surface area (Å²) in [4.78, 5) is 0.